The molecule has 13 nitrogen and oxygen atoms in total. The molecule has 0 aliphatic rings. The van der Waals surface area contributed by atoms with Crippen LogP contribution in [0.2, 0.25) is 0 Å². The third kappa shape index (κ3) is 9.83. The average Bonchev–Trinajstić information content (AvgIpc) is 2.92. The number of carbonyl (C=O) groups is 2. The highest BCUT2D eigenvalue weighted by atomic mass is 16.5. The van der Waals surface area contributed by atoms with Crippen LogP contribution in [0.4, 0.5) is 11.4 Å². The fraction of sp³-hybridized carbons (Fsp3) is 0.333. The van der Waals surface area contributed by atoms with Crippen LogP contribution in [0.1, 0.15) is 27.7 Å². The zero-order valence-electron chi connectivity index (χ0n) is 22.6. The highest BCUT2D eigenvalue weighted by molar-refractivity contribution is 5.88. The number of aliphatic hydroxyl groups excluding tert-OH is 3. The van der Waals surface area contributed by atoms with E-state index in [-0.39, 0.29) is 72.2 Å². The molecule has 0 aromatic heterocycles. The lowest BCUT2D eigenvalue weighted by Crippen LogP contribution is -2.25. The van der Waals surface area contributed by atoms with Crippen molar-refractivity contribution in [2.24, 2.45) is 20.5 Å². The van der Waals surface area contributed by atoms with Gasteiger partial charge in [0.25, 0.3) is 0 Å². The van der Waals surface area contributed by atoms with Gasteiger partial charge in [0.2, 0.25) is 11.4 Å². The van der Waals surface area contributed by atoms with E-state index in [0.29, 0.717) is 0 Å². The van der Waals surface area contributed by atoms with Crippen molar-refractivity contribution in [1.82, 2.24) is 0 Å². The molecule has 40 heavy (non-hydrogen) atoms. The van der Waals surface area contributed by atoms with Gasteiger partial charge in [-0.1, -0.05) is 24.3 Å². The van der Waals surface area contributed by atoms with Crippen LogP contribution < -0.4 is 9.47 Å². The molecule has 2 rings (SSSR count). The number of carbonyl (C=O) groups excluding carboxylic acids is 2. The summed E-state index contributed by atoms with van der Waals surface area (Å²) in [6.45, 7) is 5.65. The van der Waals surface area contributed by atoms with Gasteiger partial charge in [0.05, 0.1) is 13.2 Å². The van der Waals surface area contributed by atoms with E-state index in [1.54, 1.807) is 62.4 Å². The van der Waals surface area contributed by atoms with Crippen LogP contribution in [-0.2, 0) is 19.1 Å². The molecular formula is C27H32N4O9. The van der Waals surface area contributed by atoms with E-state index in [2.05, 4.69) is 20.5 Å². The van der Waals surface area contributed by atoms with E-state index in [0.717, 1.165) is 0 Å². The molecule has 0 radical (unpaired) electrons. The molecule has 0 spiro atoms. The molecule has 13 heteroatoms. The standard InChI is InChI=1S/C27H32N4O9/c1-5-37-26(35)24(17(3)32)30-28-20-11-7-9-13-22(20)39-15-19(34)16-40-23-14-10-8-12-21(23)29-31-25(18(4)33)27(36)38-6-2/h7-14,19,32-34H,5-6,15-16H2,1-4H3/b24-17-,25-18+,30-28?,31-29?. The molecule has 0 heterocycles. The normalized spacial score (nSPS) is 13.4. The molecular weight excluding hydrogens is 524 g/mol. The van der Waals surface area contributed by atoms with Gasteiger partial charge in [-0.25, -0.2) is 9.59 Å². The monoisotopic (exact) mass is 556 g/mol. The van der Waals surface area contributed by atoms with Crippen LogP contribution >= 0.6 is 0 Å². The van der Waals surface area contributed by atoms with Gasteiger partial charge in [0.1, 0.15) is 53.7 Å². The summed E-state index contributed by atoms with van der Waals surface area (Å²) in [5, 5.41) is 45.4. The fourth-order valence-electron chi connectivity index (χ4n) is 2.87. The van der Waals surface area contributed by atoms with Gasteiger partial charge in [0.15, 0.2) is 0 Å². The Morgan fingerprint density at radius 3 is 1.45 bits per heavy atom. The lowest BCUT2D eigenvalue weighted by Gasteiger charge is -2.15. The Labute approximate surface area is 231 Å². The number of hydrogen-bond acceptors (Lipinski definition) is 13. The van der Waals surface area contributed by atoms with Gasteiger partial charge >= 0.3 is 11.9 Å². The fourth-order valence-corrected chi connectivity index (χ4v) is 2.87. The maximum Gasteiger partial charge on any atom is 0.362 e. The van der Waals surface area contributed by atoms with E-state index in [9.17, 15) is 24.9 Å². The first-order chi connectivity index (χ1) is 19.2. The number of aliphatic hydroxyl groups is 3. The van der Waals surface area contributed by atoms with Crippen molar-refractivity contribution >= 4 is 23.3 Å². The number of allylic oxidation sites excluding steroid dienone is 2. The van der Waals surface area contributed by atoms with Crippen LogP contribution in [0.5, 0.6) is 11.5 Å². The second kappa shape index (κ2) is 16.2. The van der Waals surface area contributed by atoms with Crippen molar-refractivity contribution in [2.75, 3.05) is 26.4 Å². The molecule has 1 atom stereocenters. The van der Waals surface area contributed by atoms with Crippen molar-refractivity contribution < 1.29 is 43.9 Å². The Morgan fingerprint density at radius 2 is 1.10 bits per heavy atom. The third-order valence-electron chi connectivity index (χ3n) is 4.73. The first-order valence-corrected chi connectivity index (χ1v) is 12.3. The Kier molecular flexibility index (Phi) is 12.8. The van der Waals surface area contributed by atoms with Crippen molar-refractivity contribution in [2.45, 2.75) is 33.8 Å². The number of esters is 2. The number of nitrogens with zero attached hydrogens (tertiary/aromatic N) is 4. The molecule has 0 saturated heterocycles. The minimum atomic E-state index is -1.08. The van der Waals surface area contributed by atoms with E-state index in [1.807, 2.05) is 0 Å². The molecule has 0 bridgehead atoms. The maximum atomic E-state index is 12.0. The average molecular weight is 557 g/mol. The van der Waals surface area contributed by atoms with Gasteiger partial charge in [-0.3, -0.25) is 0 Å². The van der Waals surface area contributed by atoms with Crippen molar-refractivity contribution in [3.05, 3.63) is 71.4 Å². The minimum Gasteiger partial charge on any atom is -0.510 e. The van der Waals surface area contributed by atoms with Gasteiger partial charge in [-0.2, -0.15) is 0 Å². The van der Waals surface area contributed by atoms with Crippen LogP contribution in [0.15, 0.2) is 91.9 Å². The largest absolute Gasteiger partial charge is 0.510 e. The maximum absolute atomic E-state index is 12.0. The van der Waals surface area contributed by atoms with Gasteiger partial charge in [0, 0.05) is 0 Å². The van der Waals surface area contributed by atoms with Crippen LogP contribution in [0, 0.1) is 0 Å². The minimum absolute atomic E-state index is 0.103. The van der Waals surface area contributed by atoms with Crippen LogP contribution in [0.3, 0.4) is 0 Å². The predicted molar refractivity (Wildman–Crippen MR) is 143 cm³/mol. The first kappa shape index (κ1) is 31.4. The zero-order valence-corrected chi connectivity index (χ0v) is 22.6. The quantitative estimate of drug-likeness (QED) is 0.119. The molecule has 0 aliphatic carbocycles. The summed E-state index contributed by atoms with van der Waals surface area (Å²) in [6, 6.07) is 13.1. The lowest BCUT2D eigenvalue weighted by atomic mass is 10.3. The number of azo groups is 2. The lowest BCUT2D eigenvalue weighted by molar-refractivity contribution is -0.139. The van der Waals surface area contributed by atoms with E-state index < -0.39 is 18.0 Å². The number of hydrogen-bond donors (Lipinski definition) is 3. The molecule has 3 N–H and O–H groups in total. The van der Waals surface area contributed by atoms with Gasteiger partial charge in [-0.15, -0.1) is 20.5 Å². The molecule has 0 aliphatic heterocycles. The van der Waals surface area contributed by atoms with Gasteiger partial charge in [-0.05, 0) is 52.0 Å². The molecule has 214 valence electrons. The Hall–Kier alpha value is -4.78. The summed E-state index contributed by atoms with van der Waals surface area (Å²) in [5.74, 6) is -1.83. The Morgan fingerprint density at radius 1 is 0.725 bits per heavy atom. The smallest absolute Gasteiger partial charge is 0.362 e. The molecule has 0 fully saturated rings. The topological polar surface area (TPSA) is 181 Å². The summed E-state index contributed by atoms with van der Waals surface area (Å²) < 4.78 is 21.0. The number of para-hydroxylation sites is 2. The molecule has 1 unspecified atom stereocenters. The van der Waals surface area contributed by atoms with Gasteiger partial charge < -0.3 is 34.3 Å². The molecule has 2 aromatic carbocycles. The highest BCUT2D eigenvalue weighted by Gasteiger charge is 2.16. The van der Waals surface area contributed by atoms with Crippen molar-refractivity contribution in [3.63, 3.8) is 0 Å². The molecule has 2 aromatic rings. The second-order valence-electron chi connectivity index (χ2n) is 7.92. The number of benzene rings is 2. The van der Waals surface area contributed by atoms with E-state index in [1.165, 1.54) is 13.8 Å². The molecule has 0 saturated carbocycles. The predicted octanol–water partition coefficient (Wildman–Crippen LogP) is 5.38. The summed E-state index contributed by atoms with van der Waals surface area (Å²) in [6.07, 6.45) is -1.08. The summed E-state index contributed by atoms with van der Waals surface area (Å²) >= 11 is 0. The van der Waals surface area contributed by atoms with Crippen LogP contribution in [-0.4, -0.2) is 59.8 Å². The van der Waals surface area contributed by atoms with Crippen LogP contribution in [0.25, 0.3) is 0 Å². The highest BCUT2D eigenvalue weighted by Crippen LogP contribution is 2.30. The van der Waals surface area contributed by atoms with Crippen molar-refractivity contribution in [1.29, 1.82) is 0 Å². The van der Waals surface area contributed by atoms with E-state index >= 15 is 0 Å². The SMILES string of the molecule is CCOC(=O)/C(N=Nc1ccccc1OCC(O)COc1ccccc1N=N/C(C(=O)OCC)=C(\C)O)=C(\C)O. The van der Waals surface area contributed by atoms with E-state index in [4.69, 9.17) is 18.9 Å². The summed E-state index contributed by atoms with van der Waals surface area (Å²) in [4.78, 5) is 23.9. The number of ether oxygens (including phenoxy) is 4. The molecule has 0 amide bonds. The number of rotatable bonds is 14. The third-order valence-corrected chi connectivity index (χ3v) is 4.73. The Bertz CT molecular complexity index is 1180. The summed E-state index contributed by atoms with van der Waals surface area (Å²) in [5.41, 5.74) is -0.206. The second-order valence-corrected chi connectivity index (χ2v) is 7.92. The zero-order chi connectivity index (χ0) is 29.5. The summed E-state index contributed by atoms with van der Waals surface area (Å²) in [7, 11) is 0. The Balaban J connectivity index is 2.06. The van der Waals surface area contributed by atoms with Crippen molar-refractivity contribution in [3.8, 4) is 11.5 Å². The first-order valence-electron chi connectivity index (χ1n) is 12.3.